The summed E-state index contributed by atoms with van der Waals surface area (Å²) < 4.78 is 8.91. The van der Waals surface area contributed by atoms with Crippen molar-refractivity contribution < 1.29 is 9.47 Å². The predicted molar refractivity (Wildman–Crippen MR) is 140 cm³/mol. The van der Waals surface area contributed by atoms with Gasteiger partial charge in [-0.05, 0) is 41.0 Å². The summed E-state index contributed by atoms with van der Waals surface area (Å²) in [6.07, 6.45) is 0. The lowest BCUT2D eigenvalue weighted by Gasteiger charge is -2.14. The highest BCUT2D eigenvalue weighted by atomic mass is 33.5. The average Bonchev–Trinajstić information content (AvgIpc) is 3.16. The third-order valence-corrected chi connectivity index (χ3v) is 17.8. The molecular formula is C23H21O2PS4. The highest BCUT2D eigenvalue weighted by Crippen LogP contribution is 2.89. The van der Waals surface area contributed by atoms with Crippen LogP contribution in [0.3, 0.4) is 0 Å². The topological polar surface area (TPSA) is 18.5 Å². The number of benzene rings is 3. The van der Waals surface area contributed by atoms with Gasteiger partial charge in [0.05, 0.1) is 14.2 Å². The molecule has 1 aliphatic heterocycles. The van der Waals surface area contributed by atoms with E-state index in [1.165, 1.54) is 26.5 Å². The molecule has 1 heterocycles. The molecule has 0 amide bonds. The van der Waals surface area contributed by atoms with Crippen LogP contribution < -0.4 is 9.47 Å². The molecule has 0 bridgehead atoms. The highest BCUT2D eigenvalue weighted by Gasteiger charge is 2.34. The van der Waals surface area contributed by atoms with E-state index < -0.39 is 3.64 Å². The lowest BCUT2D eigenvalue weighted by atomic mass is 10.1. The molecule has 154 valence electrons. The average molecular weight is 489 g/mol. The number of hydrogen-bond donors (Lipinski definition) is 0. The Kier molecular flexibility index (Phi) is 7.22. The molecule has 0 atom stereocenters. The minimum absolute atomic E-state index is 0.860. The summed E-state index contributed by atoms with van der Waals surface area (Å²) in [7, 11) is 3.38. The Morgan fingerprint density at radius 3 is 1.63 bits per heavy atom. The molecular weight excluding hydrogens is 467 g/mol. The Morgan fingerprint density at radius 1 is 0.733 bits per heavy atom. The maximum Gasteiger partial charge on any atom is 0.118 e. The number of ether oxygens (including phenoxy) is 2. The largest absolute Gasteiger partial charge is 0.497 e. The molecule has 0 saturated carbocycles. The minimum Gasteiger partial charge on any atom is -0.497 e. The molecule has 0 spiro atoms. The van der Waals surface area contributed by atoms with Crippen molar-refractivity contribution in [1.29, 1.82) is 0 Å². The van der Waals surface area contributed by atoms with Crippen LogP contribution in [0.1, 0.15) is 16.7 Å². The quantitative estimate of drug-likeness (QED) is 0.310. The van der Waals surface area contributed by atoms with Crippen molar-refractivity contribution in [1.82, 2.24) is 0 Å². The molecule has 0 aromatic heterocycles. The van der Waals surface area contributed by atoms with E-state index in [1.807, 2.05) is 58.4 Å². The maximum atomic E-state index is 6.23. The number of hydrogen-bond acceptors (Lipinski definition) is 6. The van der Waals surface area contributed by atoms with E-state index in [-0.39, 0.29) is 0 Å². The van der Waals surface area contributed by atoms with Gasteiger partial charge in [-0.25, -0.2) is 0 Å². The van der Waals surface area contributed by atoms with E-state index in [4.69, 9.17) is 21.3 Å². The third-order valence-electron chi connectivity index (χ3n) is 4.55. The highest BCUT2D eigenvalue weighted by molar-refractivity contribution is 9.26. The molecule has 0 aliphatic carbocycles. The fourth-order valence-corrected chi connectivity index (χ4v) is 16.2. The molecule has 0 unspecified atom stereocenters. The van der Waals surface area contributed by atoms with Gasteiger partial charge < -0.3 is 9.47 Å². The van der Waals surface area contributed by atoms with Gasteiger partial charge in [0.2, 0.25) is 0 Å². The van der Waals surface area contributed by atoms with Crippen molar-refractivity contribution in [2.24, 2.45) is 0 Å². The van der Waals surface area contributed by atoms with E-state index in [1.54, 1.807) is 14.2 Å². The van der Waals surface area contributed by atoms with Gasteiger partial charge in [-0.15, -0.1) is 0 Å². The van der Waals surface area contributed by atoms with Crippen molar-refractivity contribution in [2.75, 3.05) is 14.2 Å². The second-order valence-electron chi connectivity index (χ2n) is 6.50. The summed E-state index contributed by atoms with van der Waals surface area (Å²) in [6, 6.07) is 27.1. The van der Waals surface area contributed by atoms with Crippen molar-refractivity contribution in [3.8, 4) is 11.5 Å². The summed E-state index contributed by atoms with van der Waals surface area (Å²) in [5.74, 6) is 2.65. The standard InChI is InChI=1S/C23H21O2PS4/c1-24-20-12-8-18(9-13-20)22-23(19-10-14-21(25-2)15-11-19)30-26(27,29-22)28-16-17-6-4-3-5-7-17/h3-15H,16H2,1-2H3. The molecule has 0 N–H and O–H groups in total. The van der Waals surface area contributed by atoms with E-state index in [9.17, 15) is 0 Å². The van der Waals surface area contributed by atoms with E-state index in [2.05, 4.69) is 54.6 Å². The van der Waals surface area contributed by atoms with Crippen LogP contribution >= 0.6 is 37.8 Å². The normalized spacial score (nSPS) is 15.3. The van der Waals surface area contributed by atoms with Gasteiger partial charge in [0.1, 0.15) is 15.1 Å². The molecule has 1 aliphatic rings. The van der Waals surface area contributed by atoms with Gasteiger partial charge in [0.15, 0.2) is 0 Å². The smallest absolute Gasteiger partial charge is 0.118 e. The summed E-state index contributed by atoms with van der Waals surface area (Å²) in [5, 5.41) is 0. The van der Waals surface area contributed by atoms with Gasteiger partial charge in [0, 0.05) is 15.6 Å². The molecule has 0 saturated heterocycles. The van der Waals surface area contributed by atoms with E-state index in [0.29, 0.717) is 0 Å². The maximum absolute atomic E-state index is 6.23. The first-order valence-electron chi connectivity index (χ1n) is 9.31. The van der Waals surface area contributed by atoms with E-state index in [0.717, 1.165) is 17.3 Å². The molecule has 7 heteroatoms. The fourth-order valence-electron chi connectivity index (χ4n) is 2.96. The van der Waals surface area contributed by atoms with Crippen LogP contribution in [0.5, 0.6) is 11.5 Å². The van der Waals surface area contributed by atoms with Crippen LogP contribution in [0.2, 0.25) is 0 Å². The van der Waals surface area contributed by atoms with E-state index >= 15 is 0 Å². The Balaban J connectivity index is 1.65. The molecule has 0 fully saturated rings. The van der Waals surface area contributed by atoms with Crippen molar-refractivity contribution in [2.45, 2.75) is 5.75 Å². The molecule has 2 nitrogen and oxygen atoms in total. The zero-order valence-electron chi connectivity index (χ0n) is 16.6. The number of rotatable bonds is 7. The van der Waals surface area contributed by atoms with Gasteiger partial charge in [-0.3, -0.25) is 0 Å². The Hall–Kier alpha value is -1.30. The summed E-state index contributed by atoms with van der Waals surface area (Å²) in [4.78, 5) is 2.52. The third kappa shape index (κ3) is 5.12. The van der Waals surface area contributed by atoms with Crippen molar-refractivity contribution in [3.63, 3.8) is 0 Å². The first kappa shape index (κ1) is 21.9. The first-order chi connectivity index (χ1) is 14.6. The zero-order chi connectivity index (χ0) is 21.0. The minimum atomic E-state index is -1.77. The van der Waals surface area contributed by atoms with Gasteiger partial charge >= 0.3 is 0 Å². The van der Waals surface area contributed by atoms with Crippen molar-refractivity contribution in [3.05, 3.63) is 95.6 Å². The Bertz CT molecular complexity index is 1020. The lowest BCUT2D eigenvalue weighted by molar-refractivity contribution is 0.414. The van der Waals surface area contributed by atoms with Gasteiger partial charge in [0.25, 0.3) is 0 Å². The van der Waals surface area contributed by atoms with Crippen LogP contribution in [-0.4, -0.2) is 14.2 Å². The molecule has 30 heavy (non-hydrogen) atoms. The summed E-state index contributed by atoms with van der Waals surface area (Å²) in [6.45, 7) is 0. The van der Waals surface area contributed by atoms with Crippen LogP contribution in [0.15, 0.2) is 78.9 Å². The predicted octanol–water partition coefficient (Wildman–Crippen LogP) is 8.17. The van der Waals surface area contributed by atoms with Gasteiger partial charge in [-0.2, -0.15) is 0 Å². The molecule has 0 radical (unpaired) electrons. The summed E-state index contributed by atoms with van der Waals surface area (Å²) >= 11 is 11.9. The van der Waals surface area contributed by atoms with Crippen LogP contribution in [0.4, 0.5) is 0 Å². The molecule has 3 aromatic carbocycles. The van der Waals surface area contributed by atoms with Crippen LogP contribution in [0, 0.1) is 0 Å². The molecule has 4 rings (SSSR count). The lowest BCUT2D eigenvalue weighted by Crippen LogP contribution is -1.86. The Labute approximate surface area is 195 Å². The van der Waals surface area contributed by atoms with Crippen molar-refractivity contribution >= 4 is 59.4 Å². The zero-order valence-corrected chi connectivity index (χ0v) is 20.8. The Morgan fingerprint density at radius 2 is 1.20 bits per heavy atom. The number of methoxy groups -OCH3 is 2. The van der Waals surface area contributed by atoms with Gasteiger partial charge in [-0.1, -0.05) is 101 Å². The first-order valence-corrected chi connectivity index (χ1v) is 16.5. The fraction of sp³-hybridized carbons (Fsp3) is 0.130. The van der Waals surface area contributed by atoms with Crippen LogP contribution in [-0.2, 0) is 17.6 Å². The second kappa shape index (κ2) is 9.88. The SMILES string of the molecule is COc1ccc(C2=C(c3ccc(OC)cc3)SP(=S)(SCc3ccccc3)S2)cc1. The van der Waals surface area contributed by atoms with Crippen LogP contribution in [0.25, 0.3) is 9.81 Å². The molecule has 3 aromatic rings. The second-order valence-corrected chi connectivity index (χ2v) is 21.7. The monoisotopic (exact) mass is 488 g/mol. The summed E-state index contributed by atoms with van der Waals surface area (Å²) in [5.41, 5.74) is 3.69.